The molecular weight excluding hydrogens is 358 g/mol. The number of aryl methyl sites for hydroxylation is 1. The Morgan fingerprint density at radius 2 is 2.04 bits per heavy atom. The first-order chi connectivity index (χ1) is 11.0. The molecule has 6 heteroatoms. The van der Waals surface area contributed by atoms with Crippen molar-refractivity contribution in [2.75, 3.05) is 13.1 Å². The van der Waals surface area contributed by atoms with Crippen LogP contribution in [0.5, 0.6) is 0 Å². The standard InChI is InChI=1S/C17H20BrN3O2/c1-11-16(10-20-8-7-13(9-20)17(22)23)12(2)21(19-11)15-5-3-14(18)4-6-15/h3-6,13H,7-10H2,1-2H3,(H,22,23). The fourth-order valence-electron chi connectivity index (χ4n) is 3.14. The van der Waals surface area contributed by atoms with Crippen molar-refractivity contribution in [3.8, 4) is 5.69 Å². The minimum atomic E-state index is -0.688. The van der Waals surface area contributed by atoms with Gasteiger partial charge in [0.15, 0.2) is 0 Å². The second-order valence-corrected chi connectivity index (χ2v) is 7.01. The van der Waals surface area contributed by atoms with Gasteiger partial charge < -0.3 is 5.11 Å². The number of aromatic nitrogens is 2. The molecule has 2 heterocycles. The van der Waals surface area contributed by atoms with Crippen LogP contribution in [0.25, 0.3) is 5.69 Å². The number of aliphatic carboxylic acids is 1. The minimum Gasteiger partial charge on any atom is -0.481 e. The summed E-state index contributed by atoms with van der Waals surface area (Å²) in [5, 5.41) is 13.8. The predicted molar refractivity (Wildman–Crippen MR) is 91.8 cm³/mol. The molecule has 23 heavy (non-hydrogen) atoms. The van der Waals surface area contributed by atoms with Crippen LogP contribution in [0.3, 0.4) is 0 Å². The van der Waals surface area contributed by atoms with Crippen molar-refractivity contribution in [2.45, 2.75) is 26.8 Å². The third-order valence-corrected chi connectivity index (χ3v) is 5.04. The van der Waals surface area contributed by atoms with Gasteiger partial charge in [-0.15, -0.1) is 0 Å². The molecule has 1 atom stereocenters. The highest BCUT2D eigenvalue weighted by molar-refractivity contribution is 9.10. The zero-order chi connectivity index (χ0) is 16.6. The van der Waals surface area contributed by atoms with Crippen LogP contribution < -0.4 is 0 Å². The van der Waals surface area contributed by atoms with E-state index in [0.29, 0.717) is 6.54 Å². The molecule has 1 aromatic heterocycles. The number of hydrogen-bond acceptors (Lipinski definition) is 3. The molecule has 0 bridgehead atoms. The Labute approximate surface area is 144 Å². The zero-order valence-electron chi connectivity index (χ0n) is 13.3. The van der Waals surface area contributed by atoms with Gasteiger partial charge in [0.1, 0.15) is 0 Å². The average Bonchev–Trinajstić information content (AvgIpc) is 3.09. The van der Waals surface area contributed by atoms with Crippen molar-refractivity contribution in [1.82, 2.24) is 14.7 Å². The molecule has 0 aliphatic carbocycles. The summed E-state index contributed by atoms with van der Waals surface area (Å²) in [6, 6.07) is 8.07. The molecule has 2 aromatic rings. The lowest BCUT2D eigenvalue weighted by Gasteiger charge is -2.15. The average molecular weight is 378 g/mol. The topological polar surface area (TPSA) is 58.4 Å². The van der Waals surface area contributed by atoms with Gasteiger partial charge >= 0.3 is 5.97 Å². The number of hydrogen-bond donors (Lipinski definition) is 1. The van der Waals surface area contributed by atoms with Gasteiger partial charge in [0.2, 0.25) is 0 Å². The molecule has 1 aliphatic heterocycles. The molecule has 1 N–H and O–H groups in total. The first-order valence-electron chi connectivity index (χ1n) is 7.72. The maximum atomic E-state index is 11.1. The van der Waals surface area contributed by atoms with E-state index in [1.807, 2.05) is 35.9 Å². The highest BCUT2D eigenvalue weighted by atomic mass is 79.9. The van der Waals surface area contributed by atoms with Gasteiger partial charge in [0.05, 0.1) is 17.3 Å². The second-order valence-electron chi connectivity index (χ2n) is 6.10. The Morgan fingerprint density at radius 3 is 2.65 bits per heavy atom. The number of carboxylic acids is 1. The molecule has 0 amide bonds. The van der Waals surface area contributed by atoms with E-state index < -0.39 is 5.97 Å². The Hall–Kier alpha value is -1.66. The minimum absolute atomic E-state index is 0.239. The normalized spacial score (nSPS) is 18.5. The third-order valence-electron chi connectivity index (χ3n) is 4.52. The summed E-state index contributed by atoms with van der Waals surface area (Å²) in [4.78, 5) is 13.3. The van der Waals surface area contributed by atoms with E-state index in [1.165, 1.54) is 5.56 Å². The number of benzene rings is 1. The van der Waals surface area contributed by atoms with E-state index in [2.05, 4.69) is 32.9 Å². The van der Waals surface area contributed by atoms with Crippen molar-refractivity contribution < 1.29 is 9.90 Å². The van der Waals surface area contributed by atoms with Crippen molar-refractivity contribution >= 4 is 21.9 Å². The Balaban J connectivity index is 1.81. The fourth-order valence-corrected chi connectivity index (χ4v) is 3.40. The Morgan fingerprint density at radius 1 is 1.35 bits per heavy atom. The van der Waals surface area contributed by atoms with Crippen LogP contribution >= 0.6 is 15.9 Å². The number of carboxylic acid groups (broad SMARTS) is 1. The lowest BCUT2D eigenvalue weighted by Crippen LogP contribution is -2.23. The number of likely N-dealkylation sites (tertiary alicyclic amines) is 1. The number of rotatable bonds is 4. The third kappa shape index (κ3) is 3.33. The predicted octanol–water partition coefficient (Wildman–Crippen LogP) is 3.16. The Bertz CT molecular complexity index is 724. The van der Waals surface area contributed by atoms with Gasteiger partial charge in [0, 0.05) is 28.8 Å². The summed E-state index contributed by atoms with van der Waals surface area (Å²) in [5.74, 6) is -0.927. The van der Waals surface area contributed by atoms with Gasteiger partial charge in [-0.1, -0.05) is 15.9 Å². The molecule has 1 saturated heterocycles. The fraction of sp³-hybridized carbons (Fsp3) is 0.412. The van der Waals surface area contributed by atoms with E-state index in [1.54, 1.807) is 0 Å². The van der Waals surface area contributed by atoms with E-state index in [9.17, 15) is 4.79 Å². The molecule has 1 aromatic carbocycles. The summed E-state index contributed by atoms with van der Waals surface area (Å²) in [6.07, 6.45) is 0.730. The smallest absolute Gasteiger partial charge is 0.307 e. The zero-order valence-corrected chi connectivity index (χ0v) is 14.9. The van der Waals surface area contributed by atoms with Crippen molar-refractivity contribution in [2.24, 2.45) is 5.92 Å². The number of carbonyl (C=O) groups is 1. The summed E-state index contributed by atoms with van der Waals surface area (Å²) in [5.41, 5.74) is 4.34. The summed E-state index contributed by atoms with van der Waals surface area (Å²) in [7, 11) is 0. The highest BCUT2D eigenvalue weighted by Gasteiger charge is 2.29. The van der Waals surface area contributed by atoms with E-state index in [-0.39, 0.29) is 5.92 Å². The van der Waals surface area contributed by atoms with Crippen LogP contribution in [-0.2, 0) is 11.3 Å². The molecule has 0 radical (unpaired) electrons. The highest BCUT2D eigenvalue weighted by Crippen LogP contribution is 2.24. The first-order valence-corrected chi connectivity index (χ1v) is 8.51. The molecule has 3 rings (SSSR count). The SMILES string of the molecule is Cc1nn(-c2ccc(Br)cc2)c(C)c1CN1CCC(C(=O)O)C1. The van der Waals surface area contributed by atoms with Crippen LogP contribution in [0.1, 0.15) is 23.4 Å². The quantitative estimate of drug-likeness (QED) is 0.888. The molecule has 1 fully saturated rings. The lowest BCUT2D eigenvalue weighted by atomic mass is 10.1. The van der Waals surface area contributed by atoms with E-state index in [0.717, 1.165) is 41.1 Å². The maximum absolute atomic E-state index is 11.1. The van der Waals surface area contributed by atoms with Gasteiger partial charge in [-0.3, -0.25) is 9.69 Å². The van der Waals surface area contributed by atoms with Crippen molar-refractivity contribution in [3.05, 3.63) is 45.7 Å². The van der Waals surface area contributed by atoms with Gasteiger partial charge in [-0.05, 0) is 51.1 Å². The molecule has 1 aliphatic rings. The molecule has 0 spiro atoms. The maximum Gasteiger partial charge on any atom is 0.307 e. The van der Waals surface area contributed by atoms with Crippen molar-refractivity contribution in [3.63, 3.8) is 0 Å². The number of nitrogens with zero attached hydrogens (tertiary/aromatic N) is 3. The number of halogens is 1. The van der Waals surface area contributed by atoms with Gasteiger partial charge in [-0.2, -0.15) is 5.10 Å². The van der Waals surface area contributed by atoms with Crippen LogP contribution in [0.15, 0.2) is 28.7 Å². The largest absolute Gasteiger partial charge is 0.481 e. The van der Waals surface area contributed by atoms with Gasteiger partial charge in [0.25, 0.3) is 0 Å². The molecule has 0 saturated carbocycles. The van der Waals surface area contributed by atoms with Gasteiger partial charge in [-0.25, -0.2) is 4.68 Å². The van der Waals surface area contributed by atoms with Crippen LogP contribution in [-0.4, -0.2) is 38.8 Å². The molecular formula is C17H20BrN3O2. The molecule has 5 nitrogen and oxygen atoms in total. The van der Waals surface area contributed by atoms with Crippen molar-refractivity contribution in [1.29, 1.82) is 0 Å². The second kappa shape index (κ2) is 6.45. The summed E-state index contributed by atoms with van der Waals surface area (Å²) < 4.78 is 3.00. The summed E-state index contributed by atoms with van der Waals surface area (Å²) >= 11 is 3.45. The molecule has 122 valence electrons. The lowest BCUT2D eigenvalue weighted by molar-refractivity contribution is -0.141. The van der Waals surface area contributed by atoms with Crippen LogP contribution in [0.2, 0.25) is 0 Å². The van der Waals surface area contributed by atoms with Crippen LogP contribution in [0, 0.1) is 19.8 Å². The molecule has 1 unspecified atom stereocenters. The van der Waals surface area contributed by atoms with E-state index in [4.69, 9.17) is 5.11 Å². The van der Waals surface area contributed by atoms with Crippen LogP contribution in [0.4, 0.5) is 0 Å². The first kappa shape index (κ1) is 16.2. The van der Waals surface area contributed by atoms with E-state index >= 15 is 0 Å². The monoisotopic (exact) mass is 377 g/mol. The summed E-state index contributed by atoms with van der Waals surface area (Å²) in [6.45, 7) is 6.31. The Kier molecular flexibility index (Phi) is 4.55.